The van der Waals surface area contributed by atoms with Crippen LogP contribution in [0.3, 0.4) is 0 Å². The third-order valence-corrected chi connectivity index (χ3v) is 1.67. The maximum absolute atomic E-state index is 11.2. The van der Waals surface area contributed by atoms with Gasteiger partial charge in [-0.2, -0.15) is 5.10 Å². The molecule has 1 amide bonds. The van der Waals surface area contributed by atoms with E-state index in [0.717, 1.165) is 0 Å². The molecule has 1 heterocycles. The first-order valence-electron chi connectivity index (χ1n) is 4.24. The third kappa shape index (κ3) is 3.15. The summed E-state index contributed by atoms with van der Waals surface area (Å²) in [6.45, 7) is -0.466. The molecule has 0 aliphatic rings. The van der Waals surface area contributed by atoms with Gasteiger partial charge in [-0.25, -0.2) is 0 Å². The predicted octanol–water partition coefficient (Wildman–Crippen LogP) is -1.65. The number of aromatic nitrogens is 2. The lowest BCUT2D eigenvalue weighted by molar-refractivity contribution is -0.123. The maximum atomic E-state index is 11.2. The van der Waals surface area contributed by atoms with E-state index in [4.69, 9.17) is 10.2 Å². The van der Waals surface area contributed by atoms with E-state index in [1.54, 1.807) is 18.5 Å². The highest BCUT2D eigenvalue weighted by Gasteiger charge is 2.09. The number of aliphatic hydroxyl groups is 2. The molecule has 1 aromatic rings. The van der Waals surface area contributed by atoms with Crippen molar-refractivity contribution in [2.75, 3.05) is 13.2 Å². The summed E-state index contributed by atoms with van der Waals surface area (Å²) in [6.07, 6.45) is 3.23. The van der Waals surface area contributed by atoms with Gasteiger partial charge < -0.3 is 15.5 Å². The number of nitrogens with one attached hydrogen (secondary N) is 1. The van der Waals surface area contributed by atoms with E-state index in [2.05, 4.69) is 10.4 Å². The summed E-state index contributed by atoms with van der Waals surface area (Å²) in [7, 11) is 0. The normalized spacial score (nSPS) is 10.5. The molecule has 0 saturated heterocycles. The van der Waals surface area contributed by atoms with Gasteiger partial charge in [0.1, 0.15) is 6.54 Å². The smallest absolute Gasteiger partial charge is 0.242 e. The fourth-order valence-electron chi connectivity index (χ4n) is 0.963. The lowest BCUT2D eigenvalue weighted by Gasteiger charge is -2.12. The molecule has 0 aromatic carbocycles. The van der Waals surface area contributed by atoms with Gasteiger partial charge in [0.05, 0.1) is 19.3 Å². The van der Waals surface area contributed by atoms with Crippen molar-refractivity contribution in [2.45, 2.75) is 12.6 Å². The topological polar surface area (TPSA) is 87.4 Å². The molecule has 6 heteroatoms. The molecule has 0 saturated carbocycles. The van der Waals surface area contributed by atoms with Crippen LogP contribution in [0.4, 0.5) is 0 Å². The van der Waals surface area contributed by atoms with Crippen LogP contribution in [0, 0.1) is 0 Å². The number of hydrogen-bond acceptors (Lipinski definition) is 4. The lowest BCUT2D eigenvalue weighted by atomic mass is 10.3. The van der Waals surface area contributed by atoms with Gasteiger partial charge in [-0.05, 0) is 6.07 Å². The van der Waals surface area contributed by atoms with Crippen molar-refractivity contribution >= 4 is 5.91 Å². The van der Waals surface area contributed by atoms with Crippen molar-refractivity contribution in [3.8, 4) is 0 Å². The van der Waals surface area contributed by atoms with Crippen LogP contribution in [0.15, 0.2) is 18.5 Å². The molecule has 0 unspecified atom stereocenters. The summed E-state index contributed by atoms with van der Waals surface area (Å²) in [6, 6.07) is 1.11. The Kier molecular flexibility index (Phi) is 4.09. The van der Waals surface area contributed by atoms with Crippen LogP contribution in [0.2, 0.25) is 0 Å². The summed E-state index contributed by atoms with van der Waals surface area (Å²) in [5.74, 6) is -0.290. The molecule has 0 bridgehead atoms. The highest BCUT2D eigenvalue weighted by molar-refractivity contribution is 5.75. The van der Waals surface area contributed by atoms with Crippen LogP contribution in [-0.4, -0.2) is 45.2 Å². The van der Waals surface area contributed by atoms with Crippen molar-refractivity contribution in [1.82, 2.24) is 15.1 Å². The van der Waals surface area contributed by atoms with Gasteiger partial charge in [-0.1, -0.05) is 0 Å². The zero-order valence-electron chi connectivity index (χ0n) is 7.63. The van der Waals surface area contributed by atoms with E-state index in [0.29, 0.717) is 0 Å². The highest BCUT2D eigenvalue weighted by Crippen LogP contribution is 1.86. The van der Waals surface area contributed by atoms with Crippen LogP contribution in [0.1, 0.15) is 0 Å². The minimum Gasteiger partial charge on any atom is -0.394 e. The second-order valence-corrected chi connectivity index (χ2v) is 2.83. The van der Waals surface area contributed by atoms with Gasteiger partial charge in [0, 0.05) is 12.4 Å². The molecule has 78 valence electrons. The molecule has 14 heavy (non-hydrogen) atoms. The number of aliphatic hydroxyl groups excluding tert-OH is 2. The molecule has 3 N–H and O–H groups in total. The number of nitrogens with zero attached hydrogens (tertiary/aromatic N) is 2. The van der Waals surface area contributed by atoms with Crippen LogP contribution in [0.25, 0.3) is 0 Å². The Bertz CT molecular complexity index is 269. The molecule has 1 rings (SSSR count). The van der Waals surface area contributed by atoms with Crippen molar-refractivity contribution in [3.63, 3.8) is 0 Å². The summed E-state index contributed by atoms with van der Waals surface area (Å²) >= 11 is 0. The van der Waals surface area contributed by atoms with Crippen molar-refractivity contribution in [2.24, 2.45) is 0 Å². The molecular formula is C8H13N3O3. The second-order valence-electron chi connectivity index (χ2n) is 2.83. The summed E-state index contributed by atoms with van der Waals surface area (Å²) in [5.41, 5.74) is 0. The van der Waals surface area contributed by atoms with Gasteiger partial charge in [0.25, 0.3) is 0 Å². The number of carbonyl (C=O) groups is 1. The molecule has 1 aromatic heterocycles. The zero-order chi connectivity index (χ0) is 10.4. The van der Waals surface area contributed by atoms with E-state index in [1.165, 1.54) is 4.68 Å². The van der Waals surface area contributed by atoms with Crippen LogP contribution in [-0.2, 0) is 11.3 Å². The van der Waals surface area contributed by atoms with Gasteiger partial charge in [0.2, 0.25) is 5.91 Å². The molecule has 0 spiro atoms. The Morgan fingerprint density at radius 3 is 2.71 bits per heavy atom. The molecule has 6 nitrogen and oxygen atoms in total. The van der Waals surface area contributed by atoms with Crippen LogP contribution < -0.4 is 5.32 Å². The molecule has 0 aliphatic carbocycles. The van der Waals surface area contributed by atoms with Gasteiger partial charge in [-0.15, -0.1) is 0 Å². The summed E-state index contributed by atoms with van der Waals surface area (Å²) in [4.78, 5) is 11.2. The maximum Gasteiger partial charge on any atom is 0.242 e. The summed E-state index contributed by atoms with van der Waals surface area (Å²) in [5, 5.41) is 23.7. The Morgan fingerprint density at radius 1 is 1.50 bits per heavy atom. The van der Waals surface area contributed by atoms with E-state index >= 15 is 0 Å². The molecule has 0 radical (unpaired) electrons. The van der Waals surface area contributed by atoms with E-state index in [1.807, 2.05) is 0 Å². The number of amides is 1. The van der Waals surface area contributed by atoms with Crippen molar-refractivity contribution in [3.05, 3.63) is 18.5 Å². The molecule has 0 atom stereocenters. The largest absolute Gasteiger partial charge is 0.394 e. The fourth-order valence-corrected chi connectivity index (χ4v) is 0.963. The second kappa shape index (κ2) is 5.36. The van der Waals surface area contributed by atoms with E-state index < -0.39 is 6.04 Å². The van der Waals surface area contributed by atoms with E-state index in [-0.39, 0.29) is 25.7 Å². The Labute approximate surface area is 81.2 Å². The average Bonchev–Trinajstić information content (AvgIpc) is 2.66. The first-order chi connectivity index (χ1) is 6.76. The zero-order valence-corrected chi connectivity index (χ0v) is 7.63. The predicted molar refractivity (Wildman–Crippen MR) is 48.3 cm³/mol. The fraction of sp³-hybridized carbons (Fsp3) is 0.500. The highest BCUT2D eigenvalue weighted by atomic mass is 16.3. The molecular weight excluding hydrogens is 186 g/mol. The minimum atomic E-state index is -0.599. The molecule has 0 aliphatic heterocycles. The van der Waals surface area contributed by atoms with Gasteiger partial charge in [0.15, 0.2) is 0 Å². The van der Waals surface area contributed by atoms with Crippen LogP contribution >= 0.6 is 0 Å². The van der Waals surface area contributed by atoms with Gasteiger partial charge >= 0.3 is 0 Å². The Morgan fingerprint density at radius 2 is 2.21 bits per heavy atom. The van der Waals surface area contributed by atoms with Gasteiger partial charge in [-0.3, -0.25) is 9.48 Å². The van der Waals surface area contributed by atoms with Crippen molar-refractivity contribution < 1.29 is 15.0 Å². The van der Waals surface area contributed by atoms with Crippen LogP contribution in [0.5, 0.6) is 0 Å². The lowest BCUT2D eigenvalue weighted by Crippen LogP contribution is -2.41. The first-order valence-corrected chi connectivity index (χ1v) is 4.24. The summed E-state index contributed by atoms with van der Waals surface area (Å²) < 4.78 is 1.46. The number of rotatable bonds is 5. The average molecular weight is 199 g/mol. The standard InChI is InChI=1S/C8H13N3O3/c12-5-7(6-13)10-8(14)4-11-3-1-2-9-11/h1-3,7,12-13H,4-6H2,(H,10,14). The monoisotopic (exact) mass is 199 g/mol. The Balaban J connectivity index is 2.35. The number of carbonyl (C=O) groups excluding carboxylic acids is 1. The minimum absolute atomic E-state index is 0.0868. The first kappa shape index (κ1) is 10.7. The van der Waals surface area contributed by atoms with Crippen molar-refractivity contribution in [1.29, 1.82) is 0 Å². The number of hydrogen-bond donors (Lipinski definition) is 3. The quantitative estimate of drug-likeness (QED) is 0.530. The van der Waals surface area contributed by atoms with E-state index in [9.17, 15) is 4.79 Å². The molecule has 0 fully saturated rings. The SMILES string of the molecule is O=C(Cn1cccn1)NC(CO)CO. The Hall–Kier alpha value is -1.40. The third-order valence-electron chi connectivity index (χ3n) is 1.67.